The van der Waals surface area contributed by atoms with Crippen LogP contribution in [-0.2, 0) is 19.6 Å². The number of sulfonamides is 1. The van der Waals surface area contributed by atoms with Crippen LogP contribution in [-0.4, -0.2) is 62.4 Å². The molecule has 2 rings (SSSR count). The van der Waals surface area contributed by atoms with E-state index >= 15 is 0 Å². The highest BCUT2D eigenvalue weighted by molar-refractivity contribution is 7.89. The summed E-state index contributed by atoms with van der Waals surface area (Å²) in [4.78, 5) is 23.9. The predicted molar refractivity (Wildman–Crippen MR) is 100 cm³/mol. The van der Waals surface area contributed by atoms with Gasteiger partial charge in [-0.05, 0) is 43.5 Å². The molecule has 1 aliphatic heterocycles. The fourth-order valence-electron chi connectivity index (χ4n) is 2.97. The number of hydrogen-bond donors (Lipinski definition) is 3. The van der Waals surface area contributed by atoms with E-state index in [2.05, 4.69) is 10.6 Å². The second-order valence-electron chi connectivity index (χ2n) is 6.62. The van der Waals surface area contributed by atoms with E-state index in [9.17, 15) is 22.4 Å². The van der Waals surface area contributed by atoms with E-state index in [0.717, 1.165) is 12.1 Å². The first-order valence-electron chi connectivity index (χ1n) is 9.25. The SMILES string of the molecule is O=C(CCNC(=O)[C@@H]1CCCN(S(=O)(=O)c2ccc(F)cc2)C1)NCCCO. The molecule has 0 radical (unpaired) electrons. The van der Waals surface area contributed by atoms with E-state index < -0.39 is 21.8 Å². The van der Waals surface area contributed by atoms with Gasteiger partial charge in [-0.3, -0.25) is 9.59 Å². The fourth-order valence-corrected chi connectivity index (χ4v) is 4.49. The van der Waals surface area contributed by atoms with Gasteiger partial charge in [0, 0.05) is 39.2 Å². The molecule has 1 saturated heterocycles. The number of nitrogens with one attached hydrogen (secondary N) is 2. The van der Waals surface area contributed by atoms with Crippen LogP contribution in [0.15, 0.2) is 29.2 Å². The largest absolute Gasteiger partial charge is 0.396 e. The second-order valence-corrected chi connectivity index (χ2v) is 8.56. The smallest absolute Gasteiger partial charge is 0.243 e. The number of piperidine rings is 1. The van der Waals surface area contributed by atoms with Gasteiger partial charge in [0.25, 0.3) is 0 Å². The summed E-state index contributed by atoms with van der Waals surface area (Å²) in [5.41, 5.74) is 0. The van der Waals surface area contributed by atoms with Crippen molar-refractivity contribution in [2.75, 3.05) is 32.8 Å². The van der Waals surface area contributed by atoms with E-state index in [1.807, 2.05) is 0 Å². The van der Waals surface area contributed by atoms with Crippen LogP contribution in [0.5, 0.6) is 0 Å². The molecule has 3 N–H and O–H groups in total. The Morgan fingerprint density at radius 1 is 1.18 bits per heavy atom. The molecule has 8 nitrogen and oxygen atoms in total. The maximum atomic E-state index is 13.0. The summed E-state index contributed by atoms with van der Waals surface area (Å²) in [5, 5.41) is 14.0. The Kier molecular flexibility index (Phi) is 8.34. The lowest BCUT2D eigenvalue weighted by Gasteiger charge is -2.31. The van der Waals surface area contributed by atoms with Crippen LogP contribution in [0, 0.1) is 11.7 Å². The average Bonchev–Trinajstić information content (AvgIpc) is 2.68. The van der Waals surface area contributed by atoms with Crippen molar-refractivity contribution < 1.29 is 27.5 Å². The number of benzene rings is 1. The first-order chi connectivity index (χ1) is 13.3. The van der Waals surface area contributed by atoms with Crippen molar-refractivity contribution in [3.63, 3.8) is 0 Å². The van der Waals surface area contributed by atoms with Crippen molar-refractivity contribution in [3.8, 4) is 0 Å². The molecule has 1 aliphatic rings. The monoisotopic (exact) mass is 415 g/mol. The number of aliphatic hydroxyl groups is 1. The first-order valence-corrected chi connectivity index (χ1v) is 10.7. The third-order valence-electron chi connectivity index (χ3n) is 4.51. The third kappa shape index (κ3) is 6.25. The van der Waals surface area contributed by atoms with Gasteiger partial charge in [0.1, 0.15) is 5.82 Å². The third-order valence-corrected chi connectivity index (χ3v) is 6.39. The van der Waals surface area contributed by atoms with Crippen LogP contribution in [0.2, 0.25) is 0 Å². The van der Waals surface area contributed by atoms with E-state index in [0.29, 0.717) is 32.4 Å². The highest BCUT2D eigenvalue weighted by Gasteiger charge is 2.33. The molecule has 156 valence electrons. The summed E-state index contributed by atoms with van der Waals surface area (Å²) in [7, 11) is -3.79. The van der Waals surface area contributed by atoms with Crippen molar-refractivity contribution >= 4 is 21.8 Å². The van der Waals surface area contributed by atoms with Crippen LogP contribution in [0.1, 0.15) is 25.7 Å². The Morgan fingerprint density at radius 3 is 2.57 bits per heavy atom. The van der Waals surface area contributed by atoms with Gasteiger partial charge in [-0.25, -0.2) is 12.8 Å². The normalized spacial score (nSPS) is 17.9. The zero-order valence-electron chi connectivity index (χ0n) is 15.6. The van der Waals surface area contributed by atoms with Crippen LogP contribution in [0.25, 0.3) is 0 Å². The molecule has 0 spiro atoms. The molecule has 1 atom stereocenters. The fraction of sp³-hybridized carbons (Fsp3) is 0.556. The quantitative estimate of drug-likeness (QED) is 0.500. The maximum Gasteiger partial charge on any atom is 0.243 e. The zero-order valence-corrected chi connectivity index (χ0v) is 16.4. The summed E-state index contributed by atoms with van der Waals surface area (Å²) in [6.07, 6.45) is 1.68. The van der Waals surface area contributed by atoms with Gasteiger partial charge >= 0.3 is 0 Å². The molecule has 0 aliphatic carbocycles. The first kappa shape index (κ1) is 22.3. The highest BCUT2D eigenvalue weighted by atomic mass is 32.2. The van der Waals surface area contributed by atoms with Gasteiger partial charge < -0.3 is 15.7 Å². The number of amides is 2. The number of carbonyl (C=O) groups excluding carboxylic acids is 2. The van der Waals surface area contributed by atoms with E-state index in [4.69, 9.17) is 5.11 Å². The van der Waals surface area contributed by atoms with Gasteiger partial charge in [-0.1, -0.05) is 0 Å². The number of aliphatic hydroxyl groups excluding tert-OH is 1. The van der Waals surface area contributed by atoms with Gasteiger partial charge in [0.15, 0.2) is 0 Å². The van der Waals surface area contributed by atoms with Crippen LogP contribution in [0.3, 0.4) is 0 Å². The molecule has 1 heterocycles. The molecule has 2 amide bonds. The molecule has 10 heteroatoms. The lowest BCUT2D eigenvalue weighted by atomic mass is 9.99. The second kappa shape index (κ2) is 10.5. The van der Waals surface area contributed by atoms with Crippen molar-refractivity contribution in [2.45, 2.75) is 30.6 Å². The number of nitrogens with zero attached hydrogens (tertiary/aromatic N) is 1. The molecular formula is C18H26FN3O5S. The molecule has 0 bridgehead atoms. The lowest BCUT2D eigenvalue weighted by Crippen LogP contribution is -2.45. The van der Waals surface area contributed by atoms with Crippen molar-refractivity contribution in [1.29, 1.82) is 0 Å². The Bertz CT molecular complexity index is 770. The zero-order chi connectivity index (χ0) is 20.6. The molecule has 0 unspecified atom stereocenters. The lowest BCUT2D eigenvalue weighted by molar-refractivity contribution is -0.126. The van der Waals surface area contributed by atoms with Gasteiger partial charge in [0.2, 0.25) is 21.8 Å². The minimum absolute atomic E-state index is 0.00394. The molecule has 0 aromatic heterocycles. The number of carbonyl (C=O) groups is 2. The Hall–Kier alpha value is -2.04. The van der Waals surface area contributed by atoms with Crippen molar-refractivity contribution in [2.24, 2.45) is 5.92 Å². The standard InChI is InChI=1S/C18H26FN3O5S/c19-15-4-6-16(7-5-15)28(26,27)22-11-1-3-14(13-22)18(25)21-10-8-17(24)20-9-2-12-23/h4-7,14,23H,1-3,8-13H2,(H,20,24)(H,21,25)/t14-/m1/s1. The molecule has 1 aromatic carbocycles. The molecule has 0 saturated carbocycles. The molecule has 1 fully saturated rings. The summed E-state index contributed by atoms with van der Waals surface area (Å²) in [5.74, 6) is -1.53. The summed E-state index contributed by atoms with van der Waals surface area (Å²) in [6, 6.07) is 4.60. The Morgan fingerprint density at radius 2 is 1.89 bits per heavy atom. The van der Waals surface area contributed by atoms with Crippen molar-refractivity contribution in [3.05, 3.63) is 30.1 Å². The van der Waals surface area contributed by atoms with Gasteiger partial charge in [-0.15, -0.1) is 0 Å². The van der Waals surface area contributed by atoms with E-state index in [-0.39, 0.29) is 42.8 Å². The van der Waals surface area contributed by atoms with Crippen LogP contribution >= 0.6 is 0 Å². The average molecular weight is 415 g/mol. The molecule has 1 aromatic rings. The van der Waals surface area contributed by atoms with E-state index in [1.165, 1.54) is 16.4 Å². The predicted octanol–water partition coefficient (Wildman–Crippen LogP) is 0.231. The molecule has 28 heavy (non-hydrogen) atoms. The topological polar surface area (TPSA) is 116 Å². The van der Waals surface area contributed by atoms with Gasteiger partial charge in [-0.2, -0.15) is 4.31 Å². The maximum absolute atomic E-state index is 13.0. The minimum atomic E-state index is -3.79. The molecular weight excluding hydrogens is 389 g/mol. The Labute approximate surface area is 164 Å². The summed E-state index contributed by atoms with van der Waals surface area (Å²) < 4.78 is 39.7. The minimum Gasteiger partial charge on any atom is -0.396 e. The van der Waals surface area contributed by atoms with Crippen molar-refractivity contribution in [1.82, 2.24) is 14.9 Å². The van der Waals surface area contributed by atoms with E-state index in [1.54, 1.807) is 0 Å². The summed E-state index contributed by atoms with van der Waals surface area (Å²) >= 11 is 0. The number of hydrogen-bond acceptors (Lipinski definition) is 5. The highest BCUT2D eigenvalue weighted by Crippen LogP contribution is 2.24. The number of halogens is 1. The van der Waals surface area contributed by atoms with Crippen LogP contribution in [0.4, 0.5) is 4.39 Å². The van der Waals surface area contributed by atoms with Crippen LogP contribution < -0.4 is 10.6 Å². The summed E-state index contributed by atoms with van der Waals surface area (Å²) in [6.45, 7) is 0.883. The Balaban J connectivity index is 1.85. The van der Waals surface area contributed by atoms with Gasteiger partial charge in [0.05, 0.1) is 10.8 Å². The number of rotatable bonds is 9.